The number of aromatic nitrogens is 2. The van der Waals surface area contributed by atoms with Crippen molar-refractivity contribution in [3.8, 4) is 0 Å². The molecule has 0 aliphatic rings. The molecule has 1 heterocycles. The molecule has 4 heteroatoms. The Bertz CT molecular complexity index is 727. The van der Waals surface area contributed by atoms with Crippen LogP contribution in [0.25, 0.3) is 11.0 Å². The van der Waals surface area contributed by atoms with E-state index in [1.54, 1.807) is 24.4 Å². The molecule has 19 heavy (non-hydrogen) atoms. The van der Waals surface area contributed by atoms with Crippen molar-refractivity contribution in [2.75, 3.05) is 0 Å². The number of hydrogen-bond donors (Lipinski definition) is 1. The summed E-state index contributed by atoms with van der Waals surface area (Å²) in [6, 6.07) is 13.4. The second-order valence-corrected chi connectivity index (χ2v) is 4.28. The monoisotopic (exact) mass is 253 g/mol. The Morgan fingerprint density at radius 1 is 0.947 bits per heavy atom. The van der Waals surface area contributed by atoms with Crippen LogP contribution in [0, 0.1) is 5.82 Å². The van der Waals surface area contributed by atoms with Crippen LogP contribution in [0.15, 0.2) is 54.7 Å². The van der Waals surface area contributed by atoms with Crippen molar-refractivity contribution in [1.82, 2.24) is 9.97 Å². The number of nitrogens with two attached hydrogens (primary N) is 1. The van der Waals surface area contributed by atoms with Gasteiger partial charge in [-0.05, 0) is 18.2 Å². The molecule has 3 aromatic rings. The maximum Gasteiger partial charge on any atom is 0.128 e. The van der Waals surface area contributed by atoms with Crippen molar-refractivity contribution < 1.29 is 4.39 Å². The van der Waals surface area contributed by atoms with Crippen LogP contribution >= 0.6 is 0 Å². The lowest BCUT2D eigenvalue weighted by atomic mass is 10.0. The van der Waals surface area contributed by atoms with E-state index in [1.807, 2.05) is 24.3 Å². The quantitative estimate of drug-likeness (QED) is 0.764. The zero-order chi connectivity index (χ0) is 13.2. The van der Waals surface area contributed by atoms with Gasteiger partial charge >= 0.3 is 0 Å². The molecule has 0 saturated heterocycles. The zero-order valence-electron chi connectivity index (χ0n) is 10.1. The summed E-state index contributed by atoms with van der Waals surface area (Å²) in [7, 11) is 0. The summed E-state index contributed by atoms with van der Waals surface area (Å²) in [6.07, 6.45) is 1.60. The Morgan fingerprint density at radius 2 is 1.63 bits per heavy atom. The molecule has 0 spiro atoms. The van der Waals surface area contributed by atoms with Gasteiger partial charge in [-0.2, -0.15) is 0 Å². The van der Waals surface area contributed by atoms with E-state index < -0.39 is 6.04 Å². The molecule has 1 atom stereocenters. The van der Waals surface area contributed by atoms with Crippen molar-refractivity contribution in [2.24, 2.45) is 5.73 Å². The maximum atomic E-state index is 13.7. The van der Waals surface area contributed by atoms with E-state index in [1.165, 1.54) is 6.07 Å². The molecule has 0 saturated carbocycles. The summed E-state index contributed by atoms with van der Waals surface area (Å²) in [6.45, 7) is 0. The Morgan fingerprint density at radius 3 is 2.42 bits per heavy atom. The smallest absolute Gasteiger partial charge is 0.128 e. The fourth-order valence-electron chi connectivity index (χ4n) is 2.01. The third-order valence-corrected chi connectivity index (χ3v) is 3.03. The molecule has 3 nitrogen and oxygen atoms in total. The molecule has 0 fully saturated rings. The Balaban J connectivity index is 2.07. The van der Waals surface area contributed by atoms with Gasteiger partial charge in [0.15, 0.2) is 0 Å². The summed E-state index contributed by atoms with van der Waals surface area (Å²) < 4.78 is 13.7. The van der Waals surface area contributed by atoms with Crippen molar-refractivity contribution in [3.63, 3.8) is 0 Å². The molecule has 2 N–H and O–H groups in total. The highest BCUT2D eigenvalue weighted by atomic mass is 19.1. The number of benzene rings is 2. The van der Waals surface area contributed by atoms with Crippen LogP contribution in [0.4, 0.5) is 4.39 Å². The van der Waals surface area contributed by atoms with Gasteiger partial charge in [-0.25, -0.2) is 9.37 Å². The number of rotatable bonds is 2. The fourth-order valence-corrected chi connectivity index (χ4v) is 2.01. The second kappa shape index (κ2) is 4.74. The summed E-state index contributed by atoms with van der Waals surface area (Å²) >= 11 is 0. The average Bonchev–Trinajstić information content (AvgIpc) is 2.46. The predicted molar refractivity (Wildman–Crippen MR) is 72.0 cm³/mol. The minimum absolute atomic E-state index is 0.329. The zero-order valence-corrected chi connectivity index (χ0v) is 10.1. The van der Waals surface area contributed by atoms with Crippen molar-refractivity contribution in [3.05, 3.63) is 71.8 Å². The number of halogens is 1. The molecule has 0 aliphatic heterocycles. The standard InChI is InChI=1S/C15H12FN3/c16-11-6-2-1-5-10(11)15(17)14-9-18-12-7-3-4-8-13(12)19-14/h1-9,15H,17H2. The first-order valence-corrected chi connectivity index (χ1v) is 5.97. The average molecular weight is 253 g/mol. The van der Waals surface area contributed by atoms with Gasteiger partial charge in [0, 0.05) is 5.56 Å². The first-order chi connectivity index (χ1) is 9.25. The van der Waals surface area contributed by atoms with Crippen molar-refractivity contribution in [2.45, 2.75) is 6.04 Å². The Kier molecular flexibility index (Phi) is 2.93. The van der Waals surface area contributed by atoms with Crippen LogP contribution in [0.2, 0.25) is 0 Å². The third-order valence-electron chi connectivity index (χ3n) is 3.03. The SMILES string of the molecule is NC(c1cnc2ccccc2n1)c1ccccc1F. The summed E-state index contributed by atoms with van der Waals surface area (Å²) in [5.41, 5.74) is 8.60. The van der Waals surface area contributed by atoms with Gasteiger partial charge < -0.3 is 5.73 Å². The molecule has 1 aromatic heterocycles. The largest absolute Gasteiger partial charge is 0.319 e. The first-order valence-electron chi connectivity index (χ1n) is 5.97. The van der Waals surface area contributed by atoms with Crippen LogP contribution in [0.5, 0.6) is 0 Å². The van der Waals surface area contributed by atoms with E-state index in [-0.39, 0.29) is 5.82 Å². The topological polar surface area (TPSA) is 51.8 Å². The van der Waals surface area contributed by atoms with Gasteiger partial charge in [0.05, 0.1) is 29.0 Å². The van der Waals surface area contributed by atoms with Crippen LogP contribution < -0.4 is 5.73 Å². The van der Waals surface area contributed by atoms with E-state index >= 15 is 0 Å². The van der Waals surface area contributed by atoms with Crippen molar-refractivity contribution >= 4 is 11.0 Å². The normalized spacial score (nSPS) is 12.5. The molecule has 0 bridgehead atoms. The molecule has 0 aliphatic carbocycles. The minimum Gasteiger partial charge on any atom is -0.319 e. The molecule has 2 aromatic carbocycles. The minimum atomic E-state index is -0.613. The van der Waals surface area contributed by atoms with Gasteiger partial charge in [-0.3, -0.25) is 4.98 Å². The lowest BCUT2D eigenvalue weighted by Gasteiger charge is -2.12. The molecular formula is C15H12FN3. The van der Waals surface area contributed by atoms with E-state index in [4.69, 9.17) is 5.73 Å². The number of fused-ring (bicyclic) bond motifs is 1. The fraction of sp³-hybridized carbons (Fsp3) is 0.0667. The highest BCUT2D eigenvalue weighted by Crippen LogP contribution is 2.21. The summed E-state index contributed by atoms with van der Waals surface area (Å²) in [5, 5.41) is 0. The molecule has 1 unspecified atom stereocenters. The highest BCUT2D eigenvalue weighted by molar-refractivity contribution is 5.73. The molecule has 0 amide bonds. The molecule has 3 rings (SSSR count). The van der Waals surface area contributed by atoms with Gasteiger partial charge in [0.1, 0.15) is 5.82 Å². The molecule has 94 valence electrons. The van der Waals surface area contributed by atoms with Crippen LogP contribution in [0.3, 0.4) is 0 Å². The van der Waals surface area contributed by atoms with E-state index in [0.717, 1.165) is 11.0 Å². The second-order valence-electron chi connectivity index (χ2n) is 4.28. The number of hydrogen-bond acceptors (Lipinski definition) is 3. The Hall–Kier alpha value is -2.33. The van der Waals surface area contributed by atoms with Gasteiger partial charge in [-0.15, -0.1) is 0 Å². The van der Waals surface area contributed by atoms with Crippen molar-refractivity contribution in [1.29, 1.82) is 0 Å². The van der Waals surface area contributed by atoms with Gasteiger partial charge in [0.25, 0.3) is 0 Å². The summed E-state index contributed by atoms with van der Waals surface area (Å²) in [5.74, 6) is -0.329. The lowest BCUT2D eigenvalue weighted by molar-refractivity contribution is 0.597. The Labute approximate surface area is 109 Å². The lowest BCUT2D eigenvalue weighted by Crippen LogP contribution is -2.15. The number of nitrogens with zero attached hydrogens (tertiary/aromatic N) is 2. The van der Waals surface area contributed by atoms with E-state index in [0.29, 0.717) is 11.3 Å². The van der Waals surface area contributed by atoms with E-state index in [2.05, 4.69) is 9.97 Å². The number of para-hydroxylation sites is 2. The maximum absolute atomic E-state index is 13.7. The first kappa shape index (κ1) is 11.7. The third kappa shape index (κ3) is 2.18. The van der Waals surface area contributed by atoms with Crippen LogP contribution in [-0.4, -0.2) is 9.97 Å². The molecular weight excluding hydrogens is 241 g/mol. The predicted octanol–water partition coefficient (Wildman–Crippen LogP) is 2.82. The van der Waals surface area contributed by atoms with Gasteiger partial charge in [-0.1, -0.05) is 30.3 Å². The van der Waals surface area contributed by atoms with E-state index in [9.17, 15) is 4.39 Å². The summed E-state index contributed by atoms with van der Waals surface area (Å²) in [4.78, 5) is 8.73. The van der Waals surface area contributed by atoms with Crippen LogP contribution in [0.1, 0.15) is 17.3 Å². The molecule has 0 radical (unpaired) electrons. The van der Waals surface area contributed by atoms with Gasteiger partial charge in [0.2, 0.25) is 0 Å². The highest BCUT2D eigenvalue weighted by Gasteiger charge is 2.15. The van der Waals surface area contributed by atoms with Crippen LogP contribution in [-0.2, 0) is 0 Å².